The van der Waals surface area contributed by atoms with Gasteiger partial charge < -0.3 is 15.1 Å². The molecular weight excluding hydrogens is 322 g/mol. The molecule has 1 N–H and O–H groups in total. The fourth-order valence-electron chi connectivity index (χ4n) is 3.10. The third kappa shape index (κ3) is 5.35. The summed E-state index contributed by atoms with van der Waals surface area (Å²) in [6.07, 6.45) is 2.18. The SMILES string of the molecule is CCCN(CCC)c1nc(C)cc(Nc2ccc(N(CC)CC)cc2)n1. The van der Waals surface area contributed by atoms with Crippen molar-refractivity contribution in [2.24, 2.45) is 0 Å². The number of hydrogen-bond acceptors (Lipinski definition) is 5. The molecule has 2 rings (SSSR count). The summed E-state index contributed by atoms with van der Waals surface area (Å²) in [6, 6.07) is 10.5. The maximum atomic E-state index is 4.75. The second-order valence-electron chi connectivity index (χ2n) is 6.53. The highest BCUT2D eigenvalue weighted by molar-refractivity contribution is 5.61. The van der Waals surface area contributed by atoms with Gasteiger partial charge in [0, 0.05) is 49.3 Å². The normalized spacial score (nSPS) is 10.7. The Morgan fingerprint density at radius 2 is 1.46 bits per heavy atom. The quantitative estimate of drug-likeness (QED) is 0.649. The number of hydrogen-bond donors (Lipinski definition) is 1. The van der Waals surface area contributed by atoms with Crippen LogP contribution in [-0.4, -0.2) is 36.1 Å². The molecular formula is C21H33N5. The van der Waals surface area contributed by atoms with E-state index in [1.165, 1.54) is 5.69 Å². The fourth-order valence-corrected chi connectivity index (χ4v) is 3.10. The van der Waals surface area contributed by atoms with Crippen molar-refractivity contribution >= 4 is 23.1 Å². The Morgan fingerprint density at radius 3 is 2.00 bits per heavy atom. The van der Waals surface area contributed by atoms with Crippen LogP contribution >= 0.6 is 0 Å². The first-order valence-corrected chi connectivity index (χ1v) is 9.83. The van der Waals surface area contributed by atoms with E-state index in [0.717, 1.165) is 62.2 Å². The van der Waals surface area contributed by atoms with Crippen LogP contribution in [0.25, 0.3) is 0 Å². The molecule has 0 radical (unpaired) electrons. The molecule has 0 fully saturated rings. The van der Waals surface area contributed by atoms with E-state index in [2.05, 4.69) is 72.1 Å². The van der Waals surface area contributed by atoms with Gasteiger partial charge in [0.05, 0.1) is 0 Å². The van der Waals surface area contributed by atoms with Gasteiger partial charge in [-0.2, -0.15) is 4.98 Å². The lowest BCUT2D eigenvalue weighted by atomic mass is 10.2. The van der Waals surface area contributed by atoms with Gasteiger partial charge in [0.1, 0.15) is 5.82 Å². The molecule has 1 aromatic carbocycles. The topological polar surface area (TPSA) is 44.3 Å². The summed E-state index contributed by atoms with van der Waals surface area (Å²) in [4.78, 5) is 14.0. The number of aromatic nitrogens is 2. The molecule has 0 unspecified atom stereocenters. The third-order valence-electron chi connectivity index (χ3n) is 4.38. The second kappa shape index (κ2) is 10.00. The van der Waals surface area contributed by atoms with Gasteiger partial charge in [-0.3, -0.25) is 0 Å². The number of aryl methyl sites for hydroxylation is 1. The number of nitrogens with one attached hydrogen (secondary N) is 1. The second-order valence-corrected chi connectivity index (χ2v) is 6.53. The first kappa shape index (κ1) is 20.0. The molecule has 1 heterocycles. The van der Waals surface area contributed by atoms with Gasteiger partial charge in [-0.05, 0) is 57.9 Å². The van der Waals surface area contributed by atoms with E-state index in [4.69, 9.17) is 4.98 Å². The smallest absolute Gasteiger partial charge is 0.227 e. The van der Waals surface area contributed by atoms with Gasteiger partial charge in [-0.15, -0.1) is 0 Å². The molecule has 0 atom stereocenters. The minimum Gasteiger partial charge on any atom is -0.372 e. The van der Waals surface area contributed by atoms with Gasteiger partial charge in [-0.1, -0.05) is 13.8 Å². The summed E-state index contributed by atoms with van der Waals surface area (Å²) in [5.74, 6) is 1.66. The molecule has 0 saturated carbocycles. The lowest BCUT2D eigenvalue weighted by Crippen LogP contribution is -2.27. The van der Waals surface area contributed by atoms with Crippen molar-refractivity contribution in [3.05, 3.63) is 36.0 Å². The summed E-state index contributed by atoms with van der Waals surface area (Å²) in [6.45, 7) is 14.8. The summed E-state index contributed by atoms with van der Waals surface area (Å²) >= 11 is 0. The monoisotopic (exact) mass is 355 g/mol. The molecule has 0 aliphatic heterocycles. The highest BCUT2D eigenvalue weighted by Crippen LogP contribution is 2.22. The van der Waals surface area contributed by atoms with Crippen LogP contribution < -0.4 is 15.1 Å². The van der Waals surface area contributed by atoms with Gasteiger partial charge in [0.25, 0.3) is 0 Å². The zero-order valence-electron chi connectivity index (χ0n) is 16.9. The van der Waals surface area contributed by atoms with Crippen LogP contribution in [0, 0.1) is 6.92 Å². The summed E-state index contributed by atoms with van der Waals surface area (Å²) < 4.78 is 0. The van der Waals surface area contributed by atoms with E-state index in [0.29, 0.717) is 0 Å². The maximum absolute atomic E-state index is 4.75. The van der Waals surface area contributed by atoms with E-state index < -0.39 is 0 Å². The predicted octanol–water partition coefficient (Wildman–Crippen LogP) is 5.00. The molecule has 0 aliphatic rings. The average molecular weight is 356 g/mol. The van der Waals surface area contributed by atoms with Crippen molar-refractivity contribution in [2.45, 2.75) is 47.5 Å². The molecule has 142 valence electrons. The van der Waals surface area contributed by atoms with Crippen molar-refractivity contribution in [1.29, 1.82) is 0 Å². The van der Waals surface area contributed by atoms with Crippen LogP contribution in [0.1, 0.15) is 46.2 Å². The predicted molar refractivity (Wildman–Crippen MR) is 113 cm³/mol. The fraction of sp³-hybridized carbons (Fsp3) is 0.524. The highest BCUT2D eigenvalue weighted by atomic mass is 15.3. The first-order valence-electron chi connectivity index (χ1n) is 9.83. The molecule has 0 saturated heterocycles. The van der Waals surface area contributed by atoms with Crippen LogP contribution in [0.15, 0.2) is 30.3 Å². The Labute approximate surface area is 158 Å². The molecule has 0 aliphatic carbocycles. The van der Waals surface area contributed by atoms with Crippen LogP contribution in [0.5, 0.6) is 0 Å². The molecule has 0 spiro atoms. The highest BCUT2D eigenvalue weighted by Gasteiger charge is 2.10. The zero-order chi connectivity index (χ0) is 18.9. The molecule has 0 bridgehead atoms. The lowest BCUT2D eigenvalue weighted by molar-refractivity contribution is 0.720. The van der Waals surface area contributed by atoms with Crippen molar-refractivity contribution in [1.82, 2.24) is 9.97 Å². The molecule has 0 amide bonds. The number of anilines is 4. The third-order valence-corrected chi connectivity index (χ3v) is 4.38. The van der Waals surface area contributed by atoms with Crippen molar-refractivity contribution in [3.8, 4) is 0 Å². The Bertz CT molecular complexity index is 659. The Balaban J connectivity index is 2.18. The van der Waals surface area contributed by atoms with E-state index in [9.17, 15) is 0 Å². The molecule has 2 aromatic rings. The standard InChI is InChI=1S/C21H33N5/c1-6-14-26(15-7-2)21-22-17(5)16-20(24-21)23-18-10-12-19(13-11-18)25(8-3)9-4/h10-13,16H,6-9,14-15H2,1-5H3,(H,22,23,24). The minimum absolute atomic E-state index is 0.816. The Hall–Kier alpha value is -2.30. The number of benzene rings is 1. The zero-order valence-corrected chi connectivity index (χ0v) is 16.9. The van der Waals surface area contributed by atoms with Crippen LogP contribution in [0.4, 0.5) is 23.1 Å². The lowest BCUT2D eigenvalue weighted by Gasteiger charge is -2.22. The van der Waals surface area contributed by atoms with E-state index in [1.807, 2.05) is 13.0 Å². The van der Waals surface area contributed by atoms with Gasteiger partial charge in [0.15, 0.2) is 0 Å². The maximum Gasteiger partial charge on any atom is 0.227 e. The molecule has 5 nitrogen and oxygen atoms in total. The Morgan fingerprint density at radius 1 is 0.846 bits per heavy atom. The summed E-state index contributed by atoms with van der Waals surface area (Å²) in [5, 5.41) is 3.43. The van der Waals surface area contributed by atoms with Crippen LogP contribution in [0.3, 0.4) is 0 Å². The van der Waals surface area contributed by atoms with E-state index >= 15 is 0 Å². The average Bonchev–Trinajstić information content (AvgIpc) is 2.63. The Kier molecular flexibility index (Phi) is 7.70. The summed E-state index contributed by atoms with van der Waals surface area (Å²) in [7, 11) is 0. The van der Waals surface area contributed by atoms with Crippen LogP contribution in [0.2, 0.25) is 0 Å². The van der Waals surface area contributed by atoms with Crippen LogP contribution in [-0.2, 0) is 0 Å². The number of nitrogens with zero attached hydrogens (tertiary/aromatic N) is 4. The number of rotatable bonds is 10. The summed E-state index contributed by atoms with van der Waals surface area (Å²) in [5.41, 5.74) is 3.27. The molecule has 26 heavy (non-hydrogen) atoms. The first-order chi connectivity index (χ1) is 12.6. The van der Waals surface area contributed by atoms with Crippen molar-refractivity contribution < 1.29 is 0 Å². The minimum atomic E-state index is 0.816. The van der Waals surface area contributed by atoms with Gasteiger partial charge in [0.2, 0.25) is 5.95 Å². The van der Waals surface area contributed by atoms with E-state index in [-0.39, 0.29) is 0 Å². The largest absolute Gasteiger partial charge is 0.372 e. The van der Waals surface area contributed by atoms with Crippen molar-refractivity contribution in [2.75, 3.05) is 41.3 Å². The molecule has 1 aromatic heterocycles. The van der Waals surface area contributed by atoms with Crippen molar-refractivity contribution in [3.63, 3.8) is 0 Å². The molecule has 5 heteroatoms. The van der Waals surface area contributed by atoms with Gasteiger partial charge >= 0.3 is 0 Å². The van der Waals surface area contributed by atoms with Gasteiger partial charge in [-0.25, -0.2) is 4.98 Å². The van der Waals surface area contributed by atoms with E-state index in [1.54, 1.807) is 0 Å².